The van der Waals surface area contributed by atoms with Crippen molar-refractivity contribution in [1.82, 2.24) is 24.6 Å². The summed E-state index contributed by atoms with van der Waals surface area (Å²) in [5, 5.41) is 7.86. The van der Waals surface area contributed by atoms with Gasteiger partial charge in [-0.05, 0) is 62.6 Å². The standard InChI is InChI=1S/C22H23ClN6O2/c1-14-5-10-19(24-12-14)26-21(30)16-4-3-11-28(13-16)22(31)20-25-15(2)29(27-20)18-8-6-17(23)7-9-18/h5-10,12,16H,3-4,11,13H2,1-2H3,(H,24,26,30). The summed E-state index contributed by atoms with van der Waals surface area (Å²) < 4.78 is 1.61. The highest BCUT2D eigenvalue weighted by Gasteiger charge is 2.31. The Morgan fingerprint density at radius 2 is 1.90 bits per heavy atom. The molecule has 1 aliphatic heterocycles. The number of amides is 2. The first kappa shape index (κ1) is 21.0. The van der Waals surface area contributed by atoms with Crippen molar-refractivity contribution in [3.05, 3.63) is 64.8 Å². The molecule has 4 rings (SSSR count). The number of aryl methyl sites for hydroxylation is 2. The molecule has 3 heterocycles. The van der Waals surface area contributed by atoms with Crippen LogP contribution in [0.1, 0.15) is 34.8 Å². The Labute approximate surface area is 185 Å². The molecule has 2 amide bonds. The molecule has 1 aliphatic rings. The second-order valence-electron chi connectivity index (χ2n) is 7.67. The van der Waals surface area contributed by atoms with Crippen LogP contribution >= 0.6 is 11.6 Å². The van der Waals surface area contributed by atoms with Gasteiger partial charge in [-0.1, -0.05) is 17.7 Å². The van der Waals surface area contributed by atoms with Gasteiger partial charge in [-0.15, -0.1) is 5.10 Å². The lowest BCUT2D eigenvalue weighted by atomic mass is 9.97. The second-order valence-corrected chi connectivity index (χ2v) is 8.11. The number of benzene rings is 1. The number of hydrogen-bond acceptors (Lipinski definition) is 5. The predicted molar refractivity (Wildman–Crippen MR) is 117 cm³/mol. The number of likely N-dealkylation sites (tertiary alicyclic amines) is 1. The zero-order chi connectivity index (χ0) is 22.0. The molecule has 9 heteroatoms. The molecule has 3 aromatic rings. The highest BCUT2D eigenvalue weighted by molar-refractivity contribution is 6.30. The molecule has 1 fully saturated rings. The van der Waals surface area contributed by atoms with Gasteiger partial charge in [-0.2, -0.15) is 0 Å². The minimum Gasteiger partial charge on any atom is -0.335 e. The maximum atomic E-state index is 13.0. The molecule has 0 spiro atoms. The first-order chi connectivity index (χ1) is 14.9. The lowest BCUT2D eigenvalue weighted by molar-refractivity contribution is -0.121. The van der Waals surface area contributed by atoms with Gasteiger partial charge < -0.3 is 10.2 Å². The van der Waals surface area contributed by atoms with E-state index in [4.69, 9.17) is 11.6 Å². The molecule has 1 atom stereocenters. The number of carbonyl (C=O) groups excluding carboxylic acids is 2. The Kier molecular flexibility index (Phi) is 5.99. The van der Waals surface area contributed by atoms with E-state index in [1.807, 2.05) is 25.1 Å². The monoisotopic (exact) mass is 438 g/mol. The molecule has 2 aromatic heterocycles. The van der Waals surface area contributed by atoms with Crippen LogP contribution in [-0.2, 0) is 4.79 Å². The third kappa shape index (κ3) is 4.74. The van der Waals surface area contributed by atoms with Crippen LogP contribution in [0.4, 0.5) is 5.82 Å². The first-order valence-corrected chi connectivity index (χ1v) is 10.5. The lowest BCUT2D eigenvalue weighted by Gasteiger charge is -2.31. The summed E-state index contributed by atoms with van der Waals surface area (Å²) in [5.74, 6) is 0.515. The average Bonchev–Trinajstić information content (AvgIpc) is 3.17. The van der Waals surface area contributed by atoms with Crippen molar-refractivity contribution < 1.29 is 9.59 Å². The van der Waals surface area contributed by atoms with E-state index in [-0.39, 0.29) is 23.6 Å². The fourth-order valence-electron chi connectivity index (χ4n) is 3.59. The van der Waals surface area contributed by atoms with E-state index in [1.54, 1.807) is 40.9 Å². The van der Waals surface area contributed by atoms with E-state index in [2.05, 4.69) is 20.4 Å². The average molecular weight is 439 g/mol. The molecule has 0 aliphatic carbocycles. The Balaban J connectivity index is 1.45. The van der Waals surface area contributed by atoms with E-state index in [0.717, 1.165) is 17.7 Å². The SMILES string of the molecule is Cc1ccc(NC(=O)C2CCCN(C(=O)c3nc(C)n(-c4ccc(Cl)cc4)n3)C2)nc1. The summed E-state index contributed by atoms with van der Waals surface area (Å²) in [6.45, 7) is 4.62. The molecule has 8 nitrogen and oxygen atoms in total. The van der Waals surface area contributed by atoms with Crippen LogP contribution < -0.4 is 5.32 Å². The van der Waals surface area contributed by atoms with Crippen molar-refractivity contribution in [3.8, 4) is 5.69 Å². The van der Waals surface area contributed by atoms with Crippen molar-refractivity contribution in [1.29, 1.82) is 0 Å². The summed E-state index contributed by atoms with van der Waals surface area (Å²) in [4.78, 5) is 35.9. The number of nitrogens with one attached hydrogen (secondary N) is 1. The smallest absolute Gasteiger partial charge is 0.293 e. The minimum absolute atomic E-state index is 0.119. The summed E-state index contributed by atoms with van der Waals surface area (Å²) in [7, 11) is 0. The molecule has 0 bridgehead atoms. The normalized spacial score (nSPS) is 16.2. The van der Waals surface area contributed by atoms with Crippen molar-refractivity contribution in [2.45, 2.75) is 26.7 Å². The van der Waals surface area contributed by atoms with Gasteiger partial charge in [-0.3, -0.25) is 9.59 Å². The van der Waals surface area contributed by atoms with Crippen molar-refractivity contribution >= 4 is 29.2 Å². The number of anilines is 1. The molecule has 1 unspecified atom stereocenters. The van der Waals surface area contributed by atoms with Gasteiger partial charge in [0.2, 0.25) is 11.7 Å². The highest BCUT2D eigenvalue weighted by atomic mass is 35.5. The van der Waals surface area contributed by atoms with Gasteiger partial charge in [0.25, 0.3) is 5.91 Å². The number of rotatable bonds is 4. The maximum absolute atomic E-state index is 13.0. The molecule has 0 saturated carbocycles. The molecule has 1 N–H and O–H groups in total. The van der Waals surface area contributed by atoms with E-state index < -0.39 is 0 Å². The van der Waals surface area contributed by atoms with E-state index >= 15 is 0 Å². The van der Waals surface area contributed by atoms with Crippen LogP contribution in [-0.4, -0.2) is 49.6 Å². The Morgan fingerprint density at radius 3 is 2.61 bits per heavy atom. The maximum Gasteiger partial charge on any atom is 0.293 e. The third-order valence-electron chi connectivity index (χ3n) is 5.27. The number of aromatic nitrogens is 4. The van der Waals surface area contributed by atoms with Crippen molar-refractivity contribution in [3.63, 3.8) is 0 Å². The zero-order valence-corrected chi connectivity index (χ0v) is 18.1. The number of carbonyl (C=O) groups is 2. The van der Waals surface area contributed by atoms with Gasteiger partial charge >= 0.3 is 0 Å². The fraction of sp³-hybridized carbons (Fsp3) is 0.318. The molecule has 31 heavy (non-hydrogen) atoms. The zero-order valence-electron chi connectivity index (χ0n) is 17.4. The number of halogens is 1. The van der Waals surface area contributed by atoms with Crippen molar-refractivity contribution in [2.24, 2.45) is 5.92 Å². The molecule has 1 aromatic carbocycles. The van der Waals surface area contributed by atoms with Gasteiger partial charge in [-0.25, -0.2) is 14.6 Å². The summed E-state index contributed by atoms with van der Waals surface area (Å²) in [6, 6.07) is 10.8. The molecule has 0 radical (unpaired) electrons. The molecule has 1 saturated heterocycles. The molecule has 160 valence electrons. The largest absolute Gasteiger partial charge is 0.335 e. The third-order valence-corrected chi connectivity index (χ3v) is 5.53. The van der Waals surface area contributed by atoms with Crippen molar-refractivity contribution in [2.75, 3.05) is 18.4 Å². The van der Waals surface area contributed by atoms with Crippen LogP contribution in [0.2, 0.25) is 5.02 Å². The predicted octanol–water partition coefficient (Wildman–Crippen LogP) is 3.42. The highest BCUT2D eigenvalue weighted by Crippen LogP contribution is 2.21. The number of nitrogens with zero attached hydrogens (tertiary/aromatic N) is 5. The van der Waals surface area contributed by atoms with Crippen LogP contribution in [0.5, 0.6) is 0 Å². The Hall–Kier alpha value is -3.26. The number of piperidine rings is 1. The van der Waals surface area contributed by atoms with Crippen LogP contribution in [0.3, 0.4) is 0 Å². The Morgan fingerprint density at radius 1 is 1.13 bits per heavy atom. The van der Waals surface area contributed by atoms with E-state index in [1.165, 1.54) is 0 Å². The van der Waals surface area contributed by atoms with Gasteiger partial charge in [0.1, 0.15) is 11.6 Å². The number of hydrogen-bond donors (Lipinski definition) is 1. The molecular weight excluding hydrogens is 416 g/mol. The van der Waals surface area contributed by atoms with Gasteiger partial charge in [0, 0.05) is 24.3 Å². The fourth-order valence-corrected chi connectivity index (χ4v) is 3.72. The van der Waals surface area contributed by atoms with Crippen LogP contribution in [0.25, 0.3) is 5.69 Å². The van der Waals surface area contributed by atoms with Gasteiger partial charge in [0.05, 0.1) is 11.6 Å². The second kappa shape index (κ2) is 8.85. The summed E-state index contributed by atoms with van der Waals surface area (Å²) in [5.41, 5.74) is 1.79. The topological polar surface area (TPSA) is 93.0 Å². The Bertz CT molecular complexity index is 1090. The number of pyridine rings is 1. The van der Waals surface area contributed by atoms with Gasteiger partial charge in [0.15, 0.2) is 0 Å². The van der Waals surface area contributed by atoms with E-state index in [0.29, 0.717) is 36.2 Å². The molecular formula is C22H23ClN6O2. The lowest BCUT2D eigenvalue weighted by Crippen LogP contribution is -2.44. The summed E-state index contributed by atoms with van der Waals surface area (Å²) >= 11 is 5.95. The first-order valence-electron chi connectivity index (χ1n) is 10.1. The minimum atomic E-state index is -0.305. The summed E-state index contributed by atoms with van der Waals surface area (Å²) in [6.07, 6.45) is 3.16. The quantitative estimate of drug-likeness (QED) is 0.673. The van der Waals surface area contributed by atoms with Crippen LogP contribution in [0.15, 0.2) is 42.6 Å². The van der Waals surface area contributed by atoms with E-state index in [9.17, 15) is 9.59 Å². The van der Waals surface area contributed by atoms with Crippen LogP contribution in [0, 0.1) is 19.8 Å².